The number of rotatable bonds is 2. The summed E-state index contributed by atoms with van der Waals surface area (Å²) in [6.07, 6.45) is 3.81. The topological polar surface area (TPSA) is 18.5 Å². The van der Waals surface area contributed by atoms with Crippen LogP contribution in [-0.4, -0.2) is 54.2 Å². The third-order valence-electron chi connectivity index (χ3n) is 4.30. The Hall–Kier alpha value is -0.120. The Labute approximate surface area is 114 Å². The number of hydrogen-bond donors (Lipinski definition) is 1. The predicted molar refractivity (Wildman–Crippen MR) is 79.9 cm³/mol. The second kappa shape index (κ2) is 7.46. The molecular weight excluding hydrogens is 222 g/mol. The zero-order valence-electron chi connectivity index (χ0n) is 13.1. The zero-order chi connectivity index (χ0) is 13.6. The maximum absolute atomic E-state index is 3.46. The highest BCUT2D eigenvalue weighted by atomic mass is 15.4. The average Bonchev–Trinajstić information content (AvgIpc) is 2.39. The Morgan fingerprint density at radius 1 is 1.17 bits per heavy atom. The molecule has 3 heteroatoms. The molecule has 1 N–H and O–H groups in total. The molecule has 0 amide bonds. The molecule has 2 heterocycles. The van der Waals surface area contributed by atoms with E-state index in [1.807, 2.05) is 0 Å². The van der Waals surface area contributed by atoms with E-state index in [1.165, 1.54) is 45.4 Å². The molecule has 1 atom stereocenters. The fourth-order valence-electron chi connectivity index (χ4n) is 2.64. The van der Waals surface area contributed by atoms with Gasteiger partial charge in [-0.3, -0.25) is 9.80 Å². The lowest BCUT2D eigenvalue weighted by atomic mass is 9.95. The van der Waals surface area contributed by atoms with Crippen LogP contribution in [0.15, 0.2) is 0 Å². The first-order chi connectivity index (χ1) is 8.55. The summed E-state index contributed by atoms with van der Waals surface area (Å²) < 4.78 is 0. The summed E-state index contributed by atoms with van der Waals surface area (Å²) in [5.41, 5.74) is 0.386. The van der Waals surface area contributed by atoms with Crippen molar-refractivity contribution in [3.05, 3.63) is 0 Å². The van der Waals surface area contributed by atoms with Crippen LogP contribution in [0.4, 0.5) is 0 Å². The summed E-state index contributed by atoms with van der Waals surface area (Å²) in [6, 6.07) is 0.797. The van der Waals surface area contributed by atoms with E-state index >= 15 is 0 Å². The first kappa shape index (κ1) is 15.9. The molecule has 0 saturated carbocycles. The van der Waals surface area contributed by atoms with Gasteiger partial charge in [0.05, 0.1) is 0 Å². The second-order valence-electron chi connectivity index (χ2n) is 6.23. The minimum atomic E-state index is 0.386. The lowest BCUT2D eigenvalue weighted by molar-refractivity contribution is -0.00472. The Balaban J connectivity index is 0.000000492. The molecule has 2 aliphatic heterocycles. The normalized spacial score (nSPS) is 26.2. The Kier molecular flexibility index (Phi) is 6.61. The van der Waals surface area contributed by atoms with Crippen LogP contribution in [0.3, 0.4) is 0 Å². The van der Waals surface area contributed by atoms with Gasteiger partial charge in [-0.2, -0.15) is 0 Å². The summed E-state index contributed by atoms with van der Waals surface area (Å²) in [5, 5.41) is 3.46. The SMILES string of the molecule is CCC.CCC(C)(C)N1CCN2CNCCC2C1. The molecule has 18 heavy (non-hydrogen) atoms. The van der Waals surface area contributed by atoms with Crippen molar-refractivity contribution in [1.29, 1.82) is 0 Å². The van der Waals surface area contributed by atoms with Gasteiger partial charge in [-0.25, -0.2) is 0 Å². The van der Waals surface area contributed by atoms with Crippen molar-refractivity contribution < 1.29 is 0 Å². The molecule has 0 aromatic rings. The van der Waals surface area contributed by atoms with E-state index in [0.29, 0.717) is 5.54 Å². The van der Waals surface area contributed by atoms with E-state index in [2.05, 4.69) is 49.7 Å². The molecule has 0 aromatic heterocycles. The van der Waals surface area contributed by atoms with E-state index in [4.69, 9.17) is 0 Å². The molecule has 2 aliphatic rings. The van der Waals surface area contributed by atoms with Gasteiger partial charge in [0.15, 0.2) is 0 Å². The van der Waals surface area contributed by atoms with E-state index in [1.54, 1.807) is 0 Å². The molecule has 0 spiro atoms. The molecule has 0 bridgehead atoms. The van der Waals surface area contributed by atoms with Crippen molar-refractivity contribution in [3.63, 3.8) is 0 Å². The second-order valence-corrected chi connectivity index (χ2v) is 6.23. The molecule has 2 fully saturated rings. The fourth-order valence-corrected chi connectivity index (χ4v) is 2.64. The maximum atomic E-state index is 3.46. The average molecular weight is 255 g/mol. The molecule has 0 aromatic carbocycles. The highest BCUT2D eigenvalue weighted by Crippen LogP contribution is 2.24. The zero-order valence-corrected chi connectivity index (χ0v) is 13.1. The van der Waals surface area contributed by atoms with Gasteiger partial charge in [0.1, 0.15) is 0 Å². The highest BCUT2D eigenvalue weighted by molar-refractivity contribution is 4.91. The van der Waals surface area contributed by atoms with Crippen molar-refractivity contribution >= 4 is 0 Å². The van der Waals surface area contributed by atoms with Crippen molar-refractivity contribution in [2.24, 2.45) is 0 Å². The molecule has 2 rings (SSSR count). The van der Waals surface area contributed by atoms with Gasteiger partial charge in [-0.05, 0) is 33.2 Å². The van der Waals surface area contributed by atoms with Crippen molar-refractivity contribution in [2.45, 2.75) is 65.5 Å². The van der Waals surface area contributed by atoms with Crippen LogP contribution >= 0.6 is 0 Å². The standard InChI is InChI=1S/C12H25N3.C3H8/c1-4-12(2,3)15-8-7-14-10-13-6-5-11(14)9-15;1-3-2/h11,13H,4-10H2,1-3H3;3H2,1-2H3. The lowest BCUT2D eigenvalue weighted by Gasteiger charge is -2.49. The maximum Gasteiger partial charge on any atom is 0.0484 e. The van der Waals surface area contributed by atoms with Gasteiger partial charge in [-0.1, -0.05) is 27.2 Å². The number of hydrogen-bond acceptors (Lipinski definition) is 3. The van der Waals surface area contributed by atoms with Crippen molar-refractivity contribution in [2.75, 3.05) is 32.8 Å². The summed E-state index contributed by atoms with van der Waals surface area (Å²) >= 11 is 0. The molecule has 1 unspecified atom stereocenters. The monoisotopic (exact) mass is 255 g/mol. The van der Waals surface area contributed by atoms with Gasteiger partial charge in [0.25, 0.3) is 0 Å². The minimum Gasteiger partial charge on any atom is -0.304 e. The molecule has 3 nitrogen and oxygen atoms in total. The van der Waals surface area contributed by atoms with Crippen LogP contribution in [0.1, 0.15) is 53.9 Å². The lowest BCUT2D eigenvalue weighted by Crippen LogP contribution is -2.62. The number of fused-ring (bicyclic) bond motifs is 1. The predicted octanol–water partition coefficient (Wildman–Crippen LogP) is 2.53. The molecular formula is C15H33N3. The molecule has 0 aliphatic carbocycles. The molecule has 0 radical (unpaired) electrons. The summed E-state index contributed by atoms with van der Waals surface area (Å²) in [5.74, 6) is 0. The third kappa shape index (κ3) is 4.22. The van der Waals surface area contributed by atoms with Crippen LogP contribution in [0.25, 0.3) is 0 Å². The highest BCUT2D eigenvalue weighted by Gasteiger charge is 2.34. The Morgan fingerprint density at radius 2 is 1.83 bits per heavy atom. The van der Waals surface area contributed by atoms with Gasteiger partial charge in [0.2, 0.25) is 0 Å². The summed E-state index contributed by atoms with van der Waals surface area (Å²) in [4.78, 5) is 5.28. The first-order valence-electron chi connectivity index (χ1n) is 7.75. The largest absolute Gasteiger partial charge is 0.304 e. The van der Waals surface area contributed by atoms with Crippen LogP contribution in [0.2, 0.25) is 0 Å². The van der Waals surface area contributed by atoms with E-state index in [-0.39, 0.29) is 0 Å². The number of nitrogens with zero attached hydrogens (tertiary/aromatic N) is 2. The molecule has 108 valence electrons. The number of piperazine rings is 1. The van der Waals surface area contributed by atoms with E-state index in [9.17, 15) is 0 Å². The minimum absolute atomic E-state index is 0.386. The third-order valence-corrected chi connectivity index (χ3v) is 4.30. The Morgan fingerprint density at radius 3 is 2.44 bits per heavy atom. The van der Waals surface area contributed by atoms with Crippen LogP contribution in [0.5, 0.6) is 0 Å². The van der Waals surface area contributed by atoms with E-state index in [0.717, 1.165) is 12.7 Å². The van der Waals surface area contributed by atoms with Crippen molar-refractivity contribution in [1.82, 2.24) is 15.1 Å². The smallest absolute Gasteiger partial charge is 0.0484 e. The quantitative estimate of drug-likeness (QED) is 0.818. The first-order valence-corrected chi connectivity index (χ1v) is 7.75. The van der Waals surface area contributed by atoms with Gasteiger partial charge < -0.3 is 5.32 Å². The van der Waals surface area contributed by atoms with Gasteiger partial charge in [-0.15, -0.1) is 0 Å². The van der Waals surface area contributed by atoms with E-state index < -0.39 is 0 Å². The summed E-state index contributed by atoms with van der Waals surface area (Å²) in [7, 11) is 0. The van der Waals surface area contributed by atoms with Gasteiger partial charge in [0, 0.05) is 37.9 Å². The van der Waals surface area contributed by atoms with Gasteiger partial charge >= 0.3 is 0 Å². The fraction of sp³-hybridized carbons (Fsp3) is 1.00. The van der Waals surface area contributed by atoms with Crippen LogP contribution < -0.4 is 5.32 Å². The Bertz CT molecular complexity index is 228. The summed E-state index contributed by atoms with van der Waals surface area (Å²) in [6.45, 7) is 17.3. The molecule has 2 saturated heterocycles. The van der Waals surface area contributed by atoms with Crippen LogP contribution in [0, 0.1) is 0 Å². The van der Waals surface area contributed by atoms with Crippen molar-refractivity contribution in [3.8, 4) is 0 Å². The van der Waals surface area contributed by atoms with Crippen LogP contribution in [-0.2, 0) is 0 Å². The number of nitrogens with one attached hydrogen (secondary N) is 1.